The van der Waals surface area contributed by atoms with E-state index < -0.39 is 0 Å². The zero-order valence-corrected chi connectivity index (χ0v) is 9.20. The number of rotatable bonds is 1. The monoisotopic (exact) mass is 193 g/mol. The lowest BCUT2D eigenvalue weighted by atomic mass is 10.2. The fourth-order valence-electron chi connectivity index (χ4n) is 1.40. The molecule has 78 valence electrons. The first-order chi connectivity index (χ1) is 6.83. The van der Waals surface area contributed by atoms with Crippen molar-refractivity contribution >= 4 is 16.7 Å². The molecule has 0 radical (unpaired) electrons. The van der Waals surface area contributed by atoms with Gasteiger partial charge in [0.25, 0.3) is 0 Å². The smallest absolute Gasteiger partial charge is 0.155 e. The van der Waals surface area contributed by atoms with Crippen LogP contribution in [0.15, 0.2) is 24.3 Å². The van der Waals surface area contributed by atoms with Crippen LogP contribution in [0.25, 0.3) is 10.9 Å². The molecular weight excluding hydrogens is 174 g/mol. The van der Waals surface area contributed by atoms with Gasteiger partial charge in [0.1, 0.15) is 0 Å². The molecule has 0 atom stereocenters. The summed E-state index contributed by atoms with van der Waals surface area (Å²) in [6.45, 7) is 4.00. The molecule has 2 rings (SSSR count). The van der Waals surface area contributed by atoms with Gasteiger partial charge in [0.2, 0.25) is 0 Å². The molecule has 0 aliphatic heterocycles. The number of hydrogen-bond acceptors (Lipinski definition) is 2. The number of aryl methyl sites for hydroxylation is 1. The molecule has 0 spiro atoms. The Balaban J connectivity index is 0.000000617. The maximum atomic E-state index is 4.31. The molecule has 1 heterocycles. The standard InChI is InChI=1S/C9H11N3.C2H6.H2/c1-10-9-7-5-3-4-6-8(7)12(2)11-9;1-2;/h3-6H,1-2H3,(H,10,11);1-2H3;1H. The van der Waals surface area contributed by atoms with Crippen molar-refractivity contribution in [1.29, 1.82) is 0 Å². The Labute approximate surface area is 86.2 Å². The molecule has 14 heavy (non-hydrogen) atoms. The molecule has 1 aromatic heterocycles. The van der Waals surface area contributed by atoms with Crippen LogP contribution in [-0.4, -0.2) is 16.8 Å². The van der Waals surface area contributed by atoms with Gasteiger partial charge in [-0.2, -0.15) is 5.10 Å². The zero-order chi connectivity index (χ0) is 10.6. The van der Waals surface area contributed by atoms with Gasteiger partial charge in [0.05, 0.1) is 5.52 Å². The second-order valence-electron chi connectivity index (χ2n) is 2.74. The van der Waals surface area contributed by atoms with Crippen LogP contribution in [0, 0.1) is 0 Å². The van der Waals surface area contributed by atoms with Gasteiger partial charge in [-0.15, -0.1) is 0 Å². The number of nitrogens with zero attached hydrogens (tertiary/aromatic N) is 2. The topological polar surface area (TPSA) is 29.9 Å². The Bertz CT molecular complexity index is 409. The van der Waals surface area contributed by atoms with Gasteiger partial charge in [-0.05, 0) is 12.1 Å². The number of aromatic nitrogens is 2. The maximum absolute atomic E-state index is 4.31. The average molecular weight is 193 g/mol. The highest BCUT2D eigenvalue weighted by atomic mass is 15.3. The summed E-state index contributed by atoms with van der Waals surface area (Å²) in [6.07, 6.45) is 0. The Kier molecular flexibility index (Phi) is 3.51. The Hall–Kier alpha value is -1.51. The third-order valence-corrected chi connectivity index (χ3v) is 1.99. The van der Waals surface area contributed by atoms with Crippen LogP contribution in [-0.2, 0) is 7.05 Å². The van der Waals surface area contributed by atoms with Crippen molar-refractivity contribution in [3.8, 4) is 0 Å². The van der Waals surface area contributed by atoms with Crippen molar-refractivity contribution < 1.29 is 1.43 Å². The molecule has 3 heteroatoms. The third-order valence-electron chi connectivity index (χ3n) is 1.99. The van der Waals surface area contributed by atoms with Crippen LogP contribution in [0.1, 0.15) is 15.3 Å². The van der Waals surface area contributed by atoms with Crippen molar-refractivity contribution in [3.05, 3.63) is 24.3 Å². The first-order valence-electron chi connectivity index (χ1n) is 4.92. The summed E-state index contributed by atoms with van der Waals surface area (Å²) in [5.74, 6) is 0.938. The van der Waals surface area contributed by atoms with Crippen molar-refractivity contribution in [2.24, 2.45) is 7.05 Å². The largest absolute Gasteiger partial charge is 0.371 e. The molecule has 0 saturated heterocycles. The van der Waals surface area contributed by atoms with Crippen molar-refractivity contribution in [3.63, 3.8) is 0 Å². The first-order valence-corrected chi connectivity index (χ1v) is 4.92. The molecule has 3 nitrogen and oxygen atoms in total. The average Bonchev–Trinajstić information content (AvgIpc) is 2.59. The summed E-state index contributed by atoms with van der Waals surface area (Å²) in [5, 5.41) is 8.54. The molecule has 0 amide bonds. The van der Waals surface area contributed by atoms with E-state index in [0.29, 0.717) is 0 Å². The number of para-hydroxylation sites is 1. The molecule has 0 fully saturated rings. The van der Waals surface area contributed by atoms with Gasteiger partial charge >= 0.3 is 0 Å². The van der Waals surface area contributed by atoms with Crippen LogP contribution in [0.3, 0.4) is 0 Å². The Morgan fingerprint density at radius 2 is 1.93 bits per heavy atom. The molecule has 1 aromatic carbocycles. The minimum absolute atomic E-state index is 0. The van der Waals surface area contributed by atoms with Crippen molar-refractivity contribution in [2.45, 2.75) is 13.8 Å². The van der Waals surface area contributed by atoms with Gasteiger partial charge < -0.3 is 5.32 Å². The molecule has 0 bridgehead atoms. The fourth-order valence-corrected chi connectivity index (χ4v) is 1.40. The first kappa shape index (κ1) is 10.6. The van der Waals surface area contributed by atoms with E-state index in [-0.39, 0.29) is 1.43 Å². The SMILES string of the molecule is CC.CNc1nn(C)c2ccccc12.[HH]. The lowest BCUT2D eigenvalue weighted by Crippen LogP contribution is -1.92. The van der Waals surface area contributed by atoms with Crippen molar-refractivity contribution in [2.75, 3.05) is 12.4 Å². The summed E-state index contributed by atoms with van der Waals surface area (Å²) in [5.41, 5.74) is 1.15. The summed E-state index contributed by atoms with van der Waals surface area (Å²) in [4.78, 5) is 0. The zero-order valence-electron chi connectivity index (χ0n) is 9.20. The second-order valence-corrected chi connectivity index (χ2v) is 2.74. The summed E-state index contributed by atoms with van der Waals surface area (Å²) < 4.78 is 1.88. The predicted octanol–water partition coefficient (Wildman–Crippen LogP) is 2.89. The highest BCUT2D eigenvalue weighted by molar-refractivity contribution is 5.89. The van der Waals surface area contributed by atoms with Crippen LogP contribution < -0.4 is 5.32 Å². The maximum Gasteiger partial charge on any atom is 0.155 e. The highest BCUT2D eigenvalue weighted by Gasteiger charge is 2.03. The van der Waals surface area contributed by atoms with Crippen molar-refractivity contribution in [1.82, 2.24) is 9.78 Å². The number of benzene rings is 1. The molecule has 0 aliphatic rings. The third kappa shape index (κ3) is 1.71. The van der Waals surface area contributed by atoms with E-state index >= 15 is 0 Å². The van der Waals surface area contributed by atoms with E-state index in [2.05, 4.69) is 22.5 Å². The van der Waals surface area contributed by atoms with Crippen LogP contribution >= 0.6 is 0 Å². The molecule has 0 unspecified atom stereocenters. The normalized spacial score (nSPS) is 9.43. The molecule has 0 saturated carbocycles. The van der Waals surface area contributed by atoms with Gasteiger partial charge in [-0.1, -0.05) is 26.0 Å². The quantitative estimate of drug-likeness (QED) is 0.754. The summed E-state index contributed by atoms with van der Waals surface area (Å²) in [7, 11) is 3.83. The van der Waals surface area contributed by atoms with E-state index in [1.807, 2.05) is 44.8 Å². The van der Waals surface area contributed by atoms with E-state index in [1.54, 1.807) is 0 Å². The minimum atomic E-state index is 0. The second kappa shape index (κ2) is 4.65. The Morgan fingerprint density at radius 1 is 1.29 bits per heavy atom. The van der Waals surface area contributed by atoms with E-state index in [4.69, 9.17) is 0 Å². The van der Waals surface area contributed by atoms with Gasteiger partial charge in [0.15, 0.2) is 5.82 Å². The van der Waals surface area contributed by atoms with Crippen LogP contribution in [0.4, 0.5) is 5.82 Å². The van der Waals surface area contributed by atoms with E-state index in [1.165, 1.54) is 5.39 Å². The molecule has 0 aliphatic carbocycles. The van der Waals surface area contributed by atoms with Gasteiger partial charge in [-0.3, -0.25) is 4.68 Å². The minimum Gasteiger partial charge on any atom is -0.371 e. The highest BCUT2D eigenvalue weighted by Crippen LogP contribution is 2.20. The number of fused-ring (bicyclic) bond motifs is 1. The summed E-state index contributed by atoms with van der Waals surface area (Å²) in [6, 6.07) is 8.16. The lowest BCUT2D eigenvalue weighted by Gasteiger charge is -1.91. The molecule has 2 aromatic rings. The number of nitrogens with one attached hydrogen (secondary N) is 1. The van der Waals surface area contributed by atoms with E-state index in [0.717, 1.165) is 11.3 Å². The molecular formula is C11H19N3. The predicted molar refractivity (Wildman–Crippen MR) is 63.7 cm³/mol. The van der Waals surface area contributed by atoms with Crippen LogP contribution in [0.5, 0.6) is 0 Å². The van der Waals surface area contributed by atoms with Gasteiger partial charge in [-0.25, -0.2) is 0 Å². The van der Waals surface area contributed by atoms with Gasteiger partial charge in [0, 0.05) is 20.9 Å². The lowest BCUT2D eigenvalue weighted by molar-refractivity contribution is 0.800. The van der Waals surface area contributed by atoms with Crippen LogP contribution in [0.2, 0.25) is 0 Å². The summed E-state index contributed by atoms with van der Waals surface area (Å²) >= 11 is 0. The molecule has 1 N–H and O–H groups in total. The fraction of sp³-hybridized carbons (Fsp3) is 0.364. The van der Waals surface area contributed by atoms with E-state index in [9.17, 15) is 0 Å². The number of hydrogen-bond donors (Lipinski definition) is 1. The Morgan fingerprint density at radius 3 is 2.57 bits per heavy atom. The number of anilines is 1.